The van der Waals surface area contributed by atoms with Crippen LogP contribution in [0, 0.1) is 42.3 Å². The number of nitrogens with one attached hydrogen (secondary N) is 1. The minimum atomic E-state index is -0.965. The van der Waals surface area contributed by atoms with Gasteiger partial charge in [0, 0.05) is 56.5 Å². The van der Waals surface area contributed by atoms with Crippen molar-refractivity contribution in [3.63, 3.8) is 0 Å². The smallest absolute Gasteiger partial charge is 0.319 e. The number of piperazine rings is 1. The summed E-state index contributed by atoms with van der Waals surface area (Å²) in [6, 6.07) is 21.4. The van der Waals surface area contributed by atoms with Crippen molar-refractivity contribution in [2.75, 3.05) is 70.5 Å². The molecule has 4 aromatic carbocycles. The molecule has 2 N–H and O–H groups in total. The van der Waals surface area contributed by atoms with E-state index in [1.54, 1.807) is 22.3 Å². The minimum Gasteiger partial charge on any atom is -0.462 e. The molecule has 0 bridgehead atoms. The number of aliphatic hydroxyl groups excluding tert-OH is 1. The molecule has 0 spiro atoms. The number of nitrogens with zero attached hydrogens (tertiary/aromatic N) is 8. The number of ether oxygens (including phenoxy) is 2. The Balaban J connectivity index is 0.795. The second-order valence-corrected chi connectivity index (χ2v) is 24.1. The van der Waals surface area contributed by atoms with E-state index < -0.39 is 47.3 Å². The molecule has 426 valence electrons. The third-order valence-corrected chi connectivity index (χ3v) is 17.3. The molecule has 0 saturated carbocycles. The van der Waals surface area contributed by atoms with Gasteiger partial charge in [-0.3, -0.25) is 24.1 Å². The third kappa shape index (κ3) is 13.2. The Morgan fingerprint density at radius 2 is 1.75 bits per heavy atom. The summed E-state index contributed by atoms with van der Waals surface area (Å²) in [7, 11) is 0. The molecule has 3 aliphatic rings. The van der Waals surface area contributed by atoms with E-state index in [0.29, 0.717) is 36.5 Å². The van der Waals surface area contributed by atoms with Gasteiger partial charge in [0.15, 0.2) is 11.6 Å². The second-order valence-electron chi connectivity index (χ2n) is 22.8. The van der Waals surface area contributed by atoms with Crippen LogP contribution in [0.25, 0.3) is 43.2 Å². The number of fused-ring (bicyclic) bond motifs is 2. The molecule has 19 heteroatoms. The van der Waals surface area contributed by atoms with E-state index in [0.717, 1.165) is 64.0 Å². The molecule has 6 aromatic rings. The fourth-order valence-corrected chi connectivity index (χ4v) is 12.7. The normalized spacial score (nSPS) is 18.9. The zero-order valence-electron chi connectivity index (χ0n) is 46.9. The van der Waals surface area contributed by atoms with Crippen LogP contribution in [0.2, 0.25) is 5.02 Å². The summed E-state index contributed by atoms with van der Waals surface area (Å²) in [6.07, 6.45) is 2.39. The highest BCUT2D eigenvalue weighted by Gasteiger charge is 2.45. The number of ketones is 1. The van der Waals surface area contributed by atoms with Gasteiger partial charge < -0.3 is 34.6 Å². The van der Waals surface area contributed by atoms with Gasteiger partial charge in [-0.05, 0) is 102 Å². The van der Waals surface area contributed by atoms with Crippen molar-refractivity contribution in [2.24, 2.45) is 11.3 Å². The lowest BCUT2D eigenvalue weighted by Crippen LogP contribution is -2.57. The number of aryl methyl sites for hydroxylation is 2. The molecule has 0 aliphatic carbocycles. The lowest BCUT2D eigenvalue weighted by molar-refractivity contribution is -0.144. The number of carbonyl (C=O) groups excluding carboxylic acids is 4. The van der Waals surface area contributed by atoms with Crippen LogP contribution >= 0.6 is 22.9 Å². The van der Waals surface area contributed by atoms with Crippen LogP contribution in [-0.2, 0) is 23.9 Å². The Bertz CT molecular complexity index is 3350. The SMILES string of the molecule is C=CC(=O)N1CCN(c2nc(OCCN3CCC(COCC(=O)N[C@H](C(=O)N4C[C@@H](O)C[C@H]4C(=O)C[C@@H](C)c4ccc(-c5scnc5C)cc4)C(C)(C)C)CC3)nc3c(F)c(-c4cccc5cccc(C)c45)c(Cl)cc23)C[C@@H]1CC#N. The van der Waals surface area contributed by atoms with Gasteiger partial charge in [0.2, 0.25) is 17.7 Å². The number of carbonyl (C=O) groups is 4. The van der Waals surface area contributed by atoms with E-state index in [4.69, 9.17) is 26.1 Å². The molecular formula is C62H71ClFN9O7S. The Morgan fingerprint density at radius 1 is 1.01 bits per heavy atom. The number of hydrogen-bond donors (Lipinski definition) is 2. The van der Waals surface area contributed by atoms with Gasteiger partial charge >= 0.3 is 6.01 Å². The molecule has 3 fully saturated rings. The number of β-amino-alcohol motifs (C(OH)–C–C–N with tert-alkyl or cyclic N) is 1. The van der Waals surface area contributed by atoms with E-state index in [1.807, 2.05) is 113 Å². The first-order chi connectivity index (χ1) is 38.8. The van der Waals surface area contributed by atoms with Crippen molar-refractivity contribution in [3.05, 3.63) is 113 Å². The highest BCUT2D eigenvalue weighted by Crippen LogP contribution is 2.42. The summed E-state index contributed by atoms with van der Waals surface area (Å²) in [5, 5.41) is 25.8. The summed E-state index contributed by atoms with van der Waals surface area (Å²) in [5.74, 6) is -1.43. The van der Waals surface area contributed by atoms with Gasteiger partial charge in [0.05, 0.1) is 58.4 Å². The van der Waals surface area contributed by atoms with E-state index in [1.165, 1.54) is 11.0 Å². The number of nitriles is 1. The largest absolute Gasteiger partial charge is 0.462 e. The molecule has 0 radical (unpaired) electrons. The number of benzene rings is 4. The highest BCUT2D eigenvalue weighted by atomic mass is 35.5. The van der Waals surface area contributed by atoms with Gasteiger partial charge in [-0.15, -0.1) is 11.3 Å². The molecule has 81 heavy (non-hydrogen) atoms. The Labute approximate surface area is 481 Å². The van der Waals surface area contributed by atoms with Crippen LogP contribution < -0.4 is 15.0 Å². The zero-order valence-corrected chi connectivity index (χ0v) is 48.5. The van der Waals surface area contributed by atoms with Crippen LogP contribution in [0.1, 0.15) is 82.5 Å². The molecule has 2 aromatic heterocycles. The van der Waals surface area contributed by atoms with Crippen molar-refractivity contribution in [2.45, 2.75) is 104 Å². The summed E-state index contributed by atoms with van der Waals surface area (Å²) in [5.41, 5.74) is 5.99. The number of likely N-dealkylation sites (tertiary alicyclic amines) is 2. The van der Waals surface area contributed by atoms with Gasteiger partial charge in [-0.2, -0.15) is 15.2 Å². The maximum atomic E-state index is 17.3. The fraction of sp³-hybridized carbons (Fsp3) is 0.452. The first-order valence-electron chi connectivity index (χ1n) is 27.8. The summed E-state index contributed by atoms with van der Waals surface area (Å²) in [6.45, 7) is 18.4. The average molecular weight is 1140 g/mol. The number of aliphatic hydroxyl groups is 1. The van der Waals surface area contributed by atoms with Crippen LogP contribution in [0.4, 0.5) is 10.2 Å². The maximum absolute atomic E-state index is 17.3. The number of thiazole rings is 1. The average Bonchev–Trinajstić information content (AvgIpc) is 4.12. The molecule has 9 rings (SSSR count). The molecule has 3 saturated heterocycles. The minimum absolute atomic E-state index is 0.00276. The van der Waals surface area contributed by atoms with Crippen molar-refractivity contribution < 1.29 is 38.1 Å². The second kappa shape index (κ2) is 25.5. The zero-order chi connectivity index (χ0) is 57.7. The predicted molar refractivity (Wildman–Crippen MR) is 314 cm³/mol. The summed E-state index contributed by atoms with van der Waals surface area (Å²) < 4.78 is 29.6. The van der Waals surface area contributed by atoms with Crippen molar-refractivity contribution >= 4 is 73.9 Å². The molecule has 3 amide bonds. The monoisotopic (exact) mass is 1140 g/mol. The molecule has 16 nitrogen and oxygen atoms in total. The number of amides is 3. The van der Waals surface area contributed by atoms with Gasteiger partial charge in [0.1, 0.15) is 30.6 Å². The number of aromatic nitrogens is 3. The first-order valence-corrected chi connectivity index (χ1v) is 29.1. The maximum Gasteiger partial charge on any atom is 0.319 e. The molecular weight excluding hydrogens is 1070 g/mol. The van der Waals surface area contributed by atoms with Crippen molar-refractivity contribution in [1.29, 1.82) is 5.26 Å². The van der Waals surface area contributed by atoms with Crippen LogP contribution in [0.3, 0.4) is 0 Å². The fourth-order valence-electron chi connectivity index (χ4n) is 11.6. The van der Waals surface area contributed by atoms with E-state index in [9.17, 15) is 29.5 Å². The first kappa shape index (κ1) is 58.8. The Hall–Kier alpha value is -6.88. The summed E-state index contributed by atoms with van der Waals surface area (Å²) in [4.78, 5) is 76.7. The Kier molecular flexibility index (Phi) is 18.5. The highest BCUT2D eigenvalue weighted by molar-refractivity contribution is 7.13. The number of hydrogen-bond acceptors (Lipinski definition) is 14. The van der Waals surface area contributed by atoms with Gasteiger partial charge in [0.25, 0.3) is 0 Å². The lowest BCUT2D eigenvalue weighted by atomic mass is 9.85. The number of Topliss-reactive ketones (excluding diaryl/α,β-unsaturated/α-hetero) is 1. The standard InChI is InChI=1S/C62H71ClFN9O7S/c1-8-52(77)72-26-25-71(32-44(72)19-22-65)59-47-31-48(63)54(46-14-10-13-42-12-9-11-37(2)53(42)46)55(64)56(47)68-61(69-59)80-28-27-70-23-20-40(21-24-70)34-79-35-51(76)67-58(62(5,6)7)60(78)73-33-45(74)30-49(73)50(75)29-38(3)41-15-17-43(18-16-41)57-39(4)66-36-81-57/h8-18,31,36,38,40,44-45,49,58,74H,1,19-21,23-30,32-35H2,2-7H3,(H,67,76)/t38-,44+,45+,49+,58-/m1/s1. The van der Waals surface area contributed by atoms with Crippen LogP contribution in [0.15, 0.2) is 84.9 Å². The van der Waals surface area contributed by atoms with E-state index in [2.05, 4.69) is 32.8 Å². The van der Waals surface area contributed by atoms with E-state index >= 15 is 4.39 Å². The molecule has 3 aliphatic heterocycles. The number of halogens is 2. The molecule has 5 heterocycles. The van der Waals surface area contributed by atoms with Crippen LogP contribution in [0.5, 0.6) is 6.01 Å². The Morgan fingerprint density at radius 3 is 2.44 bits per heavy atom. The predicted octanol–water partition coefficient (Wildman–Crippen LogP) is 9.46. The topological polar surface area (TPSA) is 194 Å². The third-order valence-electron chi connectivity index (χ3n) is 16.1. The molecule has 5 atom stereocenters. The van der Waals surface area contributed by atoms with Gasteiger partial charge in [-0.25, -0.2) is 9.37 Å². The van der Waals surface area contributed by atoms with E-state index in [-0.39, 0.29) is 97.7 Å². The quantitative estimate of drug-likeness (QED) is 0.0729. The van der Waals surface area contributed by atoms with Crippen molar-refractivity contribution in [3.8, 4) is 33.6 Å². The van der Waals surface area contributed by atoms with Crippen LogP contribution in [-0.4, -0.2) is 148 Å². The lowest BCUT2D eigenvalue weighted by Gasteiger charge is -2.41. The molecule has 0 unspecified atom stereocenters. The number of rotatable bonds is 19. The van der Waals surface area contributed by atoms with Crippen molar-refractivity contribution in [1.82, 2.24) is 35.0 Å². The van der Waals surface area contributed by atoms with Gasteiger partial charge in [-0.1, -0.05) is 107 Å². The summed E-state index contributed by atoms with van der Waals surface area (Å²) >= 11 is 8.62. The number of anilines is 1. The number of piperidine rings is 1.